The van der Waals surface area contributed by atoms with Gasteiger partial charge in [0, 0.05) is 22.2 Å². The van der Waals surface area contributed by atoms with Crippen molar-refractivity contribution in [2.75, 3.05) is 12.4 Å². The smallest absolute Gasteiger partial charge is 0.164 e. The molecule has 0 amide bonds. The fourth-order valence-electron chi connectivity index (χ4n) is 2.70. The summed E-state index contributed by atoms with van der Waals surface area (Å²) in [5.74, 6) is 1.56. The maximum Gasteiger partial charge on any atom is 0.164 e. The van der Waals surface area contributed by atoms with E-state index >= 15 is 0 Å². The summed E-state index contributed by atoms with van der Waals surface area (Å²) in [4.78, 5) is 15.3. The average Bonchev–Trinajstić information content (AvgIpc) is 2.70. The first kappa shape index (κ1) is 17.3. The molecule has 0 saturated carbocycles. The summed E-state index contributed by atoms with van der Waals surface area (Å²) in [7, 11) is 1.67. The number of hydrogen-bond donors (Lipinski definition) is 1. The van der Waals surface area contributed by atoms with Crippen molar-refractivity contribution in [2.45, 2.75) is 16.7 Å². The van der Waals surface area contributed by atoms with Crippen LogP contribution in [-0.2, 0) is 0 Å². The third-order valence-electron chi connectivity index (χ3n) is 4.06. The molecular formula is C21H18N4OS. The SMILES string of the molecule is COc1ccc(Sc2ccccc2Nc2ccnc3nc(C)ncc23)cc1. The molecule has 2 heterocycles. The number of rotatable bonds is 5. The molecular weight excluding hydrogens is 356 g/mol. The van der Waals surface area contributed by atoms with E-state index in [-0.39, 0.29) is 0 Å². The van der Waals surface area contributed by atoms with Gasteiger partial charge in [-0.3, -0.25) is 0 Å². The van der Waals surface area contributed by atoms with Gasteiger partial charge in [-0.05, 0) is 49.4 Å². The van der Waals surface area contributed by atoms with Gasteiger partial charge in [0.1, 0.15) is 11.6 Å². The summed E-state index contributed by atoms with van der Waals surface area (Å²) in [5, 5.41) is 4.41. The Balaban J connectivity index is 1.65. The van der Waals surface area contributed by atoms with Crippen molar-refractivity contribution >= 4 is 34.2 Å². The largest absolute Gasteiger partial charge is 0.497 e. The quantitative estimate of drug-likeness (QED) is 0.516. The summed E-state index contributed by atoms with van der Waals surface area (Å²) in [6.45, 7) is 1.86. The Labute approximate surface area is 161 Å². The number of aryl methyl sites for hydroxylation is 1. The van der Waals surface area contributed by atoms with Gasteiger partial charge in [0.25, 0.3) is 0 Å². The number of fused-ring (bicyclic) bond motifs is 1. The van der Waals surface area contributed by atoms with Crippen LogP contribution in [0.5, 0.6) is 5.75 Å². The number of para-hydroxylation sites is 1. The number of ether oxygens (including phenoxy) is 1. The second-order valence-corrected chi connectivity index (χ2v) is 7.03. The van der Waals surface area contributed by atoms with Gasteiger partial charge in [-0.15, -0.1) is 0 Å². The number of nitrogens with one attached hydrogen (secondary N) is 1. The normalized spacial score (nSPS) is 10.7. The molecule has 5 nitrogen and oxygen atoms in total. The highest BCUT2D eigenvalue weighted by Gasteiger charge is 2.08. The van der Waals surface area contributed by atoms with E-state index < -0.39 is 0 Å². The molecule has 0 aliphatic rings. The second-order valence-electron chi connectivity index (χ2n) is 5.91. The van der Waals surface area contributed by atoms with E-state index in [0.29, 0.717) is 11.5 Å². The van der Waals surface area contributed by atoms with Crippen molar-refractivity contribution in [2.24, 2.45) is 0 Å². The zero-order valence-electron chi connectivity index (χ0n) is 15.0. The summed E-state index contributed by atoms with van der Waals surface area (Å²) in [6, 6.07) is 18.2. The summed E-state index contributed by atoms with van der Waals surface area (Å²) >= 11 is 1.70. The molecule has 4 rings (SSSR count). The van der Waals surface area contributed by atoms with Crippen LogP contribution in [0.3, 0.4) is 0 Å². The molecule has 2 aromatic carbocycles. The third-order valence-corrected chi connectivity index (χ3v) is 5.14. The predicted molar refractivity (Wildman–Crippen MR) is 109 cm³/mol. The Bertz CT molecular complexity index is 1080. The molecule has 0 bridgehead atoms. The van der Waals surface area contributed by atoms with Crippen LogP contribution in [0.15, 0.2) is 76.8 Å². The van der Waals surface area contributed by atoms with E-state index in [1.54, 1.807) is 25.1 Å². The fraction of sp³-hybridized carbons (Fsp3) is 0.0952. The number of nitrogens with zero attached hydrogens (tertiary/aromatic N) is 3. The lowest BCUT2D eigenvalue weighted by atomic mass is 10.2. The number of anilines is 2. The number of hydrogen-bond acceptors (Lipinski definition) is 6. The van der Waals surface area contributed by atoms with Crippen molar-refractivity contribution in [3.8, 4) is 5.75 Å². The van der Waals surface area contributed by atoms with Crippen molar-refractivity contribution in [1.82, 2.24) is 15.0 Å². The molecule has 0 atom stereocenters. The molecule has 0 aliphatic heterocycles. The Morgan fingerprint density at radius 3 is 2.56 bits per heavy atom. The van der Waals surface area contributed by atoms with Crippen LogP contribution in [0, 0.1) is 6.92 Å². The van der Waals surface area contributed by atoms with Crippen molar-refractivity contribution in [3.05, 3.63) is 72.8 Å². The maximum absolute atomic E-state index is 5.23. The number of pyridine rings is 1. The van der Waals surface area contributed by atoms with Gasteiger partial charge < -0.3 is 10.1 Å². The lowest BCUT2D eigenvalue weighted by molar-refractivity contribution is 0.414. The summed E-state index contributed by atoms with van der Waals surface area (Å²) in [6.07, 6.45) is 3.57. The zero-order chi connectivity index (χ0) is 18.6. The highest BCUT2D eigenvalue weighted by Crippen LogP contribution is 2.36. The predicted octanol–water partition coefficient (Wildman–Crippen LogP) is 5.24. The van der Waals surface area contributed by atoms with E-state index in [9.17, 15) is 0 Å². The van der Waals surface area contributed by atoms with Gasteiger partial charge in [-0.1, -0.05) is 23.9 Å². The van der Waals surface area contributed by atoms with Crippen LogP contribution in [0.1, 0.15) is 5.82 Å². The molecule has 4 aromatic rings. The van der Waals surface area contributed by atoms with E-state index in [1.165, 1.54) is 0 Å². The standard InChI is InChI=1S/C21H18N4OS/c1-14-23-13-17-18(11-12-22-21(17)24-14)25-19-5-3-4-6-20(19)27-16-9-7-15(26-2)8-10-16/h3-13H,1-2H3,(H,22,23,24,25). The van der Waals surface area contributed by atoms with Gasteiger partial charge in [-0.25, -0.2) is 15.0 Å². The topological polar surface area (TPSA) is 59.9 Å². The monoisotopic (exact) mass is 374 g/mol. The highest BCUT2D eigenvalue weighted by molar-refractivity contribution is 7.99. The molecule has 0 saturated heterocycles. The average molecular weight is 374 g/mol. The summed E-state index contributed by atoms with van der Waals surface area (Å²) in [5.41, 5.74) is 2.64. The Morgan fingerprint density at radius 1 is 0.926 bits per heavy atom. The van der Waals surface area contributed by atoms with Crippen LogP contribution in [-0.4, -0.2) is 22.1 Å². The van der Waals surface area contributed by atoms with Gasteiger partial charge in [0.15, 0.2) is 5.65 Å². The van der Waals surface area contributed by atoms with Gasteiger partial charge in [0.05, 0.1) is 23.9 Å². The fourth-order valence-corrected chi connectivity index (χ4v) is 3.60. The minimum atomic E-state index is 0.688. The number of benzene rings is 2. The lowest BCUT2D eigenvalue weighted by Gasteiger charge is -2.13. The first-order chi connectivity index (χ1) is 13.2. The van der Waals surface area contributed by atoms with Gasteiger partial charge in [0.2, 0.25) is 0 Å². The Morgan fingerprint density at radius 2 is 1.74 bits per heavy atom. The minimum Gasteiger partial charge on any atom is -0.497 e. The molecule has 0 spiro atoms. The molecule has 0 fully saturated rings. The number of aromatic nitrogens is 3. The molecule has 2 aromatic heterocycles. The van der Waals surface area contributed by atoms with E-state index in [0.717, 1.165) is 32.3 Å². The molecule has 6 heteroatoms. The molecule has 0 unspecified atom stereocenters. The minimum absolute atomic E-state index is 0.688. The first-order valence-electron chi connectivity index (χ1n) is 8.49. The van der Waals surface area contributed by atoms with Crippen molar-refractivity contribution in [1.29, 1.82) is 0 Å². The Hall–Kier alpha value is -3.12. The van der Waals surface area contributed by atoms with Crippen LogP contribution in [0.4, 0.5) is 11.4 Å². The van der Waals surface area contributed by atoms with Crippen LogP contribution < -0.4 is 10.1 Å². The van der Waals surface area contributed by atoms with E-state index in [1.807, 2.05) is 43.5 Å². The van der Waals surface area contributed by atoms with E-state index in [4.69, 9.17) is 4.74 Å². The van der Waals surface area contributed by atoms with E-state index in [2.05, 4.69) is 44.5 Å². The molecule has 27 heavy (non-hydrogen) atoms. The second kappa shape index (κ2) is 7.63. The van der Waals surface area contributed by atoms with Crippen molar-refractivity contribution < 1.29 is 4.74 Å². The van der Waals surface area contributed by atoms with Gasteiger partial charge in [-0.2, -0.15) is 0 Å². The number of methoxy groups -OCH3 is 1. The third kappa shape index (κ3) is 3.85. The van der Waals surface area contributed by atoms with Crippen molar-refractivity contribution in [3.63, 3.8) is 0 Å². The van der Waals surface area contributed by atoms with Crippen LogP contribution in [0.2, 0.25) is 0 Å². The van der Waals surface area contributed by atoms with Gasteiger partial charge >= 0.3 is 0 Å². The highest BCUT2D eigenvalue weighted by atomic mass is 32.2. The zero-order valence-corrected chi connectivity index (χ0v) is 15.8. The first-order valence-corrected chi connectivity index (χ1v) is 9.31. The molecule has 0 radical (unpaired) electrons. The lowest BCUT2D eigenvalue weighted by Crippen LogP contribution is -1.97. The molecule has 0 aliphatic carbocycles. The molecule has 134 valence electrons. The van der Waals surface area contributed by atoms with Crippen LogP contribution >= 0.6 is 11.8 Å². The van der Waals surface area contributed by atoms with Crippen LogP contribution in [0.25, 0.3) is 11.0 Å². The maximum atomic E-state index is 5.23. The Kier molecular flexibility index (Phi) is 4.89. The molecule has 1 N–H and O–H groups in total. The summed E-state index contributed by atoms with van der Waals surface area (Å²) < 4.78 is 5.23.